The van der Waals surface area contributed by atoms with E-state index in [-0.39, 0.29) is 0 Å². The van der Waals surface area contributed by atoms with Crippen molar-refractivity contribution in [3.8, 4) is 5.69 Å². The third-order valence-electron chi connectivity index (χ3n) is 1.85. The molecule has 0 saturated heterocycles. The molecule has 0 unspecified atom stereocenters. The molecule has 0 spiro atoms. The first-order valence-electron chi connectivity index (χ1n) is 4.06. The van der Waals surface area contributed by atoms with Crippen LogP contribution in [0.3, 0.4) is 0 Å². The number of hydrogen-bond acceptors (Lipinski definition) is 2. The van der Waals surface area contributed by atoms with Gasteiger partial charge in [0.15, 0.2) is 6.29 Å². The zero-order chi connectivity index (χ0) is 9.97. The minimum absolute atomic E-state index is 0.545. The van der Waals surface area contributed by atoms with Crippen LogP contribution in [0.4, 0.5) is 0 Å². The molecule has 14 heavy (non-hydrogen) atoms. The van der Waals surface area contributed by atoms with Gasteiger partial charge in [0.2, 0.25) is 0 Å². The molecule has 2 rings (SSSR count). The lowest BCUT2D eigenvalue weighted by atomic mass is 10.3. The second-order valence-corrected chi connectivity index (χ2v) is 3.68. The summed E-state index contributed by atoms with van der Waals surface area (Å²) in [5, 5.41) is 4.06. The molecule has 1 aromatic carbocycles. The highest BCUT2D eigenvalue weighted by Crippen LogP contribution is 2.15. The van der Waals surface area contributed by atoms with Gasteiger partial charge in [0.25, 0.3) is 0 Å². The van der Waals surface area contributed by atoms with Crippen LogP contribution in [-0.2, 0) is 0 Å². The molecule has 0 aliphatic carbocycles. The van der Waals surface area contributed by atoms with E-state index in [0.717, 1.165) is 16.4 Å². The normalized spacial score (nSPS) is 10.1. The number of rotatable bonds is 2. The number of halogens is 1. The molecule has 0 atom stereocenters. The molecule has 0 saturated carbocycles. The van der Waals surface area contributed by atoms with E-state index in [2.05, 4.69) is 21.0 Å². The average molecular weight is 251 g/mol. The van der Waals surface area contributed by atoms with E-state index >= 15 is 0 Å². The smallest absolute Gasteiger partial charge is 0.168 e. The van der Waals surface area contributed by atoms with E-state index in [9.17, 15) is 4.79 Å². The van der Waals surface area contributed by atoms with E-state index in [1.165, 1.54) is 0 Å². The molecule has 0 radical (unpaired) electrons. The van der Waals surface area contributed by atoms with Crippen molar-refractivity contribution in [3.05, 3.63) is 46.7 Å². The Balaban J connectivity index is 2.54. The Morgan fingerprint density at radius 2 is 2.21 bits per heavy atom. The Bertz CT molecular complexity index is 465. The zero-order valence-electron chi connectivity index (χ0n) is 7.22. The first kappa shape index (κ1) is 9.15. The predicted octanol–water partition coefficient (Wildman–Crippen LogP) is 2.45. The van der Waals surface area contributed by atoms with Crippen LogP contribution in [-0.4, -0.2) is 16.1 Å². The fraction of sp³-hybridized carbons (Fsp3) is 0. The Hall–Kier alpha value is -1.42. The van der Waals surface area contributed by atoms with Gasteiger partial charge in [-0.25, -0.2) is 4.68 Å². The van der Waals surface area contributed by atoms with Gasteiger partial charge in [-0.15, -0.1) is 0 Å². The first-order valence-corrected chi connectivity index (χ1v) is 4.86. The summed E-state index contributed by atoms with van der Waals surface area (Å²) in [5.41, 5.74) is 1.41. The monoisotopic (exact) mass is 250 g/mol. The third kappa shape index (κ3) is 1.61. The number of aldehydes is 1. The van der Waals surface area contributed by atoms with E-state index in [1.54, 1.807) is 16.9 Å². The number of hydrogen-bond donors (Lipinski definition) is 0. The lowest BCUT2D eigenvalue weighted by Crippen LogP contribution is -2.00. The molecule has 0 amide bonds. The minimum atomic E-state index is 0.545. The SMILES string of the molecule is O=Cc1ccnn1-c1cccc(Br)c1. The number of benzene rings is 1. The Morgan fingerprint density at radius 1 is 1.36 bits per heavy atom. The van der Waals surface area contributed by atoms with Crippen LogP contribution in [0.2, 0.25) is 0 Å². The third-order valence-corrected chi connectivity index (χ3v) is 2.34. The van der Waals surface area contributed by atoms with Crippen molar-refractivity contribution in [2.24, 2.45) is 0 Å². The minimum Gasteiger partial charge on any atom is -0.296 e. The number of carbonyl (C=O) groups is 1. The van der Waals surface area contributed by atoms with Gasteiger partial charge >= 0.3 is 0 Å². The summed E-state index contributed by atoms with van der Waals surface area (Å²) < 4.78 is 2.56. The molecule has 0 fully saturated rings. The van der Waals surface area contributed by atoms with E-state index in [4.69, 9.17) is 0 Å². The quantitative estimate of drug-likeness (QED) is 0.768. The molecule has 0 N–H and O–H groups in total. The van der Waals surface area contributed by atoms with Crippen LogP contribution in [0, 0.1) is 0 Å². The van der Waals surface area contributed by atoms with Gasteiger partial charge in [0.05, 0.1) is 11.9 Å². The Morgan fingerprint density at radius 3 is 2.93 bits per heavy atom. The maximum atomic E-state index is 10.7. The Labute approximate surface area is 89.5 Å². The highest BCUT2D eigenvalue weighted by atomic mass is 79.9. The van der Waals surface area contributed by atoms with Gasteiger partial charge in [-0.3, -0.25) is 4.79 Å². The van der Waals surface area contributed by atoms with Gasteiger partial charge in [-0.1, -0.05) is 22.0 Å². The van der Waals surface area contributed by atoms with Crippen LogP contribution in [0.5, 0.6) is 0 Å². The van der Waals surface area contributed by atoms with Crippen LogP contribution in [0.15, 0.2) is 41.0 Å². The largest absolute Gasteiger partial charge is 0.296 e. The number of nitrogens with zero attached hydrogens (tertiary/aromatic N) is 2. The van der Waals surface area contributed by atoms with Gasteiger partial charge in [0.1, 0.15) is 5.69 Å². The van der Waals surface area contributed by atoms with Gasteiger partial charge in [-0.2, -0.15) is 5.10 Å². The maximum Gasteiger partial charge on any atom is 0.168 e. The van der Waals surface area contributed by atoms with Crippen molar-refractivity contribution < 1.29 is 4.79 Å². The van der Waals surface area contributed by atoms with Crippen molar-refractivity contribution in [2.45, 2.75) is 0 Å². The van der Waals surface area contributed by atoms with Crippen molar-refractivity contribution in [1.82, 2.24) is 9.78 Å². The van der Waals surface area contributed by atoms with Crippen molar-refractivity contribution in [1.29, 1.82) is 0 Å². The number of aromatic nitrogens is 2. The second kappa shape index (κ2) is 3.75. The molecule has 1 heterocycles. The van der Waals surface area contributed by atoms with Gasteiger partial charge in [0, 0.05) is 4.47 Å². The maximum absolute atomic E-state index is 10.7. The molecular formula is C10H7BrN2O. The molecule has 1 aromatic heterocycles. The van der Waals surface area contributed by atoms with Gasteiger partial charge in [-0.05, 0) is 24.3 Å². The van der Waals surface area contributed by atoms with Gasteiger partial charge < -0.3 is 0 Å². The van der Waals surface area contributed by atoms with Crippen molar-refractivity contribution in [3.63, 3.8) is 0 Å². The molecule has 70 valence electrons. The summed E-state index contributed by atoms with van der Waals surface area (Å²) in [6.45, 7) is 0. The molecular weight excluding hydrogens is 244 g/mol. The Kier molecular flexibility index (Phi) is 2.45. The standard InChI is InChI=1S/C10H7BrN2O/c11-8-2-1-3-9(6-8)13-10(7-14)4-5-12-13/h1-7H. The molecule has 4 heteroatoms. The highest BCUT2D eigenvalue weighted by Gasteiger charge is 2.02. The first-order chi connectivity index (χ1) is 6.81. The lowest BCUT2D eigenvalue weighted by molar-refractivity contribution is 0.111. The molecule has 0 bridgehead atoms. The van der Waals surface area contributed by atoms with Crippen LogP contribution in [0.25, 0.3) is 5.69 Å². The van der Waals surface area contributed by atoms with E-state index < -0.39 is 0 Å². The molecule has 2 aromatic rings. The fourth-order valence-corrected chi connectivity index (χ4v) is 1.61. The summed E-state index contributed by atoms with van der Waals surface area (Å²) in [5.74, 6) is 0. The van der Waals surface area contributed by atoms with Crippen molar-refractivity contribution >= 4 is 22.2 Å². The number of carbonyl (C=O) groups excluding carboxylic acids is 1. The zero-order valence-corrected chi connectivity index (χ0v) is 8.81. The summed E-state index contributed by atoms with van der Waals surface area (Å²) >= 11 is 3.36. The summed E-state index contributed by atoms with van der Waals surface area (Å²) in [4.78, 5) is 10.7. The lowest BCUT2D eigenvalue weighted by Gasteiger charge is -2.03. The predicted molar refractivity (Wildman–Crippen MR) is 56.7 cm³/mol. The van der Waals surface area contributed by atoms with Crippen molar-refractivity contribution in [2.75, 3.05) is 0 Å². The van der Waals surface area contributed by atoms with Crippen LogP contribution < -0.4 is 0 Å². The summed E-state index contributed by atoms with van der Waals surface area (Å²) in [6.07, 6.45) is 2.39. The van der Waals surface area contributed by atoms with E-state index in [1.807, 2.05) is 24.3 Å². The molecule has 0 aliphatic heterocycles. The average Bonchev–Trinajstić information content (AvgIpc) is 2.65. The topological polar surface area (TPSA) is 34.9 Å². The van der Waals surface area contributed by atoms with Crippen LogP contribution in [0.1, 0.15) is 10.5 Å². The molecule has 3 nitrogen and oxygen atoms in total. The molecule has 0 aliphatic rings. The fourth-order valence-electron chi connectivity index (χ4n) is 1.23. The van der Waals surface area contributed by atoms with E-state index in [0.29, 0.717) is 5.69 Å². The summed E-state index contributed by atoms with van der Waals surface area (Å²) in [7, 11) is 0. The highest BCUT2D eigenvalue weighted by molar-refractivity contribution is 9.10. The second-order valence-electron chi connectivity index (χ2n) is 2.77. The summed E-state index contributed by atoms with van der Waals surface area (Å²) in [6, 6.07) is 9.29. The van der Waals surface area contributed by atoms with Crippen LogP contribution >= 0.6 is 15.9 Å².